The summed E-state index contributed by atoms with van der Waals surface area (Å²) < 4.78 is 38.7. The Bertz CT molecular complexity index is 591. The molecule has 4 nitrogen and oxygen atoms in total. The van der Waals surface area contributed by atoms with E-state index in [0.29, 0.717) is 0 Å². The van der Waals surface area contributed by atoms with Gasteiger partial charge >= 0.3 is 0 Å². The molecule has 0 aromatic heterocycles. The van der Waals surface area contributed by atoms with E-state index in [1.54, 1.807) is 13.0 Å². The molecule has 18 heavy (non-hydrogen) atoms. The van der Waals surface area contributed by atoms with Crippen molar-refractivity contribution in [3.63, 3.8) is 0 Å². The number of benzene rings is 1. The molecule has 0 heterocycles. The number of rotatable bonds is 5. The molecule has 0 radical (unpaired) electrons. The average Bonchev–Trinajstić information content (AvgIpc) is 2.35. The lowest BCUT2D eigenvalue weighted by Gasteiger charge is -2.18. The van der Waals surface area contributed by atoms with Crippen molar-refractivity contribution < 1.29 is 12.8 Å². The first-order valence-electron chi connectivity index (χ1n) is 5.28. The molecule has 96 valence electrons. The highest BCUT2D eigenvalue weighted by atomic mass is 32.2. The lowest BCUT2D eigenvalue weighted by Crippen LogP contribution is -2.31. The van der Waals surface area contributed by atoms with Crippen LogP contribution in [0.3, 0.4) is 0 Å². The number of halogens is 1. The van der Waals surface area contributed by atoms with Gasteiger partial charge in [0.2, 0.25) is 10.0 Å². The molecule has 0 spiro atoms. The molecule has 0 bridgehead atoms. The lowest BCUT2D eigenvalue weighted by atomic mass is 10.2. The van der Waals surface area contributed by atoms with Crippen LogP contribution in [0.5, 0.6) is 0 Å². The molecule has 0 aliphatic carbocycles. The number of nitrogens with zero attached hydrogens (tertiary/aromatic N) is 2. The summed E-state index contributed by atoms with van der Waals surface area (Å²) in [4.78, 5) is -0.0934. The third kappa shape index (κ3) is 2.75. The van der Waals surface area contributed by atoms with E-state index in [4.69, 9.17) is 5.26 Å². The van der Waals surface area contributed by atoms with Gasteiger partial charge in [-0.05, 0) is 18.2 Å². The first-order valence-corrected chi connectivity index (χ1v) is 6.72. The van der Waals surface area contributed by atoms with Crippen molar-refractivity contribution in [1.82, 2.24) is 4.31 Å². The van der Waals surface area contributed by atoms with E-state index < -0.39 is 15.8 Å². The van der Waals surface area contributed by atoms with Gasteiger partial charge in [0, 0.05) is 13.1 Å². The van der Waals surface area contributed by atoms with Crippen LogP contribution in [0.15, 0.2) is 35.7 Å². The van der Waals surface area contributed by atoms with E-state index in [1.165, 1.54) is 10.4 Å². The Balaban J connectivity index is 3.28. The summed E-state index contributed by atoms with van der Waals surface area (Å²) in [5, 5.41) is 8.69. The van der Waals surface area contributed by atoms with Gasteiger partial charge in [0.1, 0.15) is 11.9 Å². The predicted octanol–water partition coefficient (Wildman–Crippen LogP) is 1.89. The molecule has 0 aliphatic rings. The van der Waals surface area contributed by atoms with E-state index in [2.05, 4.69) is 6.58 Å². The summed E-state index contributed by atoms with van der Waals surface area (Å²) in [6, 6.07) is 4.79. The van der Waals surface area contributed by atoms with Crippen LogP contribution in [-0.2, 0) is 10.0 Å². The van der Waals surface area contributed by atoms with Crippen molar-refractivity contribution in [2.45, 2.75) is 11.8 Å². The summed E-state index contributed by atoms with van der Waals surface area (Å²) in [7, 11) is -3.72. The summed E-state index contributed by atoms with van der Waals surface area (Å²) in [5.74, 6) is -0.733. The van der Waals surface area contributed by atoms with E-state index in [-0.39, 0.29) is 23.5 Å². The molecule has 0 saturated carbocycles. The van der Waals surface area contributed by atoms with E-state index in [1.807, 2.05) is 0 Å². The molecule has 1 aromatic rings. The SMILES string of the molecule is C=CCN(CC)S(=O)(=O)c1ccc(F)c(C#N)c1. The van der Waals surface area contributed by atoms with Crippen molar-refractivity contribution in [2.24, 2.45) is 0 Å². The van der Waals surface area contributed by atoms with Crippen LogP contribution >= 0.6 is 0 Å². The van der Waals surface area contributed by atoms with Crippen molar-refractivity contribution in [1.29, 1.82) is 5.26 Å². The van der Waals surface area contributed by atoms with Gasteiger partial charge in [-0.15, -0.1) is 6.58 Å². The lowest BCUT2D eigenvalue weighted by molar-refractivity contribution is 0.459. The van der Waals surface area contributed by atoms with Gasteiger partial charge in [0.25, 0.3) is 0 Å². The third-order valence-corrected chi connectivity index (χ3v) is 4.32. The minimum Gasteiger partial charge on any atom is -0.207 e. The molecule has 1 aromatic carbocycles. The Morgan fingerprint density at radius 2 is 2.22 bits per heavy atom. The molecule has 0 amide bonds. The zero-order valence-corrected chi connectivity index (χ0v) is 10.7. The maximum atomic E-state index is 13.1. The van der Waals surface area contributed by atoms with Crippen molar-refractivity contribution in [3.8, 4) is 6.07 Å². The fourth-order valence-electron chi connectivity index (χ4n) is 1.44. The molecule has 0 atom stereocenters. The molecular weight excluding hydrogens is 255 g/mol. The topological polar surface area (TPSA) is 61.2 Å². The minimum absolute atomic E-state index is 0.0934. The van der Waals surface area contributed by atoms with Gasteiger partial charge in [-0.2, -0.15) is 9.57 Å². The fourth-order valence-corrected chi connectivity index (χ4v) is 2.89. The molecule has 0 saturated heterocycles. The number of likely N-dealkylation sites (N-methyl/N-ethyl adjacent to an activating group) is 1. The fraction of sp³-hybridized carbons (Fsp3) is 0.250. The van der Waals surface area contributed by atoms with Crippen molar-refractivity contribution in [2.75, 3.05) is 13.1 Å². The van der Waals surface area contributed by atoms with Crippen molar-refractivity contribution in [3.05, 3.63) is 42.2 Å². The Labute approximate surface area is 106 Å². The van der Waals surface area contributed by atoms with Crippen LogP contribution in [0, 0.1) is 17.1 Å². The van der Waals surface area contributed by atoms with Gasteiger partial charge in [-0.1, -0.05) is 13.0 Å². The van der Waals surface area contributed by atoms with Crippen LogP contribution < -0.4 is 0 Å². The van der Waals surface area contributed by atoms with Gasteiger partial charge in [0.15, 0.2) is 0 Å². The summed E-state index contributed by atoms with van der Waals surface area (Å²) in [5.41, 5.74) is -0.286. The molecule has 0 fully saturated rings. The van der Waals surface area contributed by atoms with Gasteiger partial charge in [0.05, 0.1) is 10.5 Å². The number of nitriles is 1. The molecule has 1 rings (SSSR count). The van der Waals surface area contributed by atoms with Crippen molar-refractivity contribution >= 4 is 10.0 Å². The molecular formula is C12H13FN2O2S. The van der Waals surface area contributed by atoms with E-state index >= 15 is 0 Å². The third-order valence-electron chi connectivity index (χ3n) is 2.38. The van der Waals surface area contributed by atoms with Crippen LogP contribution in [0.4, 0.5) is 4.39 Å². The maximum absolute atomic E-state index is 13.1. The highest BCUT2D eigenvalue weighted by molar-refractivity contribution is 7.89. The quantitative estimate of drug-likeness (QED) is 0.766. The highest BCUT2D eigenvalue weighted by Crippen LogP contribution is 2.18. The van der Waals surface area contributed by atoms with E-state index in [0.717, 1.165) is 18.2 Å². The zero-order valence-electron chi connectivity index (χ0n) is 9.93. The number of hydrogen-bond donors (Lipinski definition) is 0. The first kappa shape index (κ1) is 14.4. The second kappa shape index (κ2) is 5.76. The van der Waals surface area contributed by atoms with Crippen LogP contribution in [0.1, 0.15) is 12.5 Å². The van der Waals surface area contributed by atoms with E-state index in [9.17, 15) is 12.8 Å². The predicted molar refractivity (Wildman–Crippen MR) is 65.7 cm³/mol. The van der Waals surface area contributed by atoms with Gasteiger partial charge < -0.3 is 0 Å². The minimum atomic E-state index is -3.72. The van der Waals surface area contributed by atoms with Gasteiger partial charge in [-0.25, -0.2) is 12.8 Å². The Hall–Kier alpha value is -1.71. The monoisotopic (exact) mass is 268 g/mol. The smallest absolute Gasteiger partial charge is 0.207 e. The molecule has 0 unspecified atom stereocenters. The average molecular weight is 268 g/mol. The van der Waals surface area contributed by atoms with Gasteiger partial charge in [-0.3, -0.25) is 0 Å². The summed E-state index contributed by atoms with van der Waals surface area (Å²) in [6.07, 6.45) is 1.47. The number of sulfonamides is 1. The molecule has 6 heteroatoms. The highest BCUT2D eigenvalue weighted by Gasteiger charge is 2.22. The van der Waals surface area contributed by atoms with Crippen LogP contribution in [-0.4, -0.2) is 25.8 Å². The molecule has 0 N–H and O–H groups in total. The summed E-state index contributed by atoms with van der Waals surface area (Å²) >= 11 is 0. The van der Waals surface area contributed by atoms with Crippen LogP contribution in [0.25, 0.3) is 0 Å². The zero-order chi connectivity index (χ0) is 13.8. The maximum Gasteiger partial charge on any atom is 0.243 e. The Morgan fingerprint density at radius 1 is 1.56 bits per heavy atom. The Kier molecular flexibility index (Phi) is 4.59. The second-order valence-corrected chi connectivity index (χ2v) is 5.44. The molecule has 0 aliphatic heterocycles. The summed E-state index contributed by atoms with van der Waals surface area (Å²) in [6.45, 7) is 5.61. The van der Waals surface area contributed by atoms with Crippen LogP contribution in [0.2, 0.25) is 0 Å². The standard InChI is InChI=1S/C12H13FN2O2S/c1-3-7-15(4-2)18(16,17)11-5-6-12(13)10(8-11)9-14/h3,5-6,8H,1,4,7H2,2H3. The second-order valence-electron chi connectivity index (χ2n) is 3.50. The Morgan fingerprint density at radius 3 is 2.72 bits per heavy atom. The first-order chi connectivity index (χ1) is 8.47. The number of hydrogen-bond acceptors (Lipinski definition) is 3. The normalized spacial score (nSPS) is 11.2. The largest absolute Gasteiger partial charge is 0.243 e.